The quantitative estimate of drug-likeness (QED) is 0.496. The number of aromatic carboxylic acids is 1. The molecular formula is C24H20N2O3. The van der Waals surface area contributed by atoms with Crippen molar-refractivity contribution in [1.29, 1.82) is 0 Å². The average molecular weight is 384 g/mol. The summed E-state index contributed by atoms with van der Waals surface area (Å²) >= 11 is 0. The van der Waals surface area contributed by atoms with Crippen LogP contribution in [0.1, 0.15) is 10.5 Å². The van der Waals surface area contributed by atoms with Gasteiger partial charge in [-0.2, -0.15) is 0 Å². The van der Waals surface area contributed by atoms with Crippen LogP contribution >= 0.6 is 0 Å². The molecule has 0 bridgehead atoms. The zero-order chi connectivity index (χ0) is 20.4. The van der Waals surface area contributed by atoms with Crippen LogP contribution in [0.25, 0.3) is 33.9 Å². The van der Waals surface area contributed by atoms with E-state index in [-0.39, 0.29) is 17.3 Å². The van der Waals surface area contributed by atoms with Crippen molar-refractivity contribution >= 4 is 11.7 Å². The fourth-order valence-electron chi connectivity index (χ4n) is 3.23. The first-order chi connectivity index (χ1) is 14.0. The average Bonchev–Trinajstić information content (AvgIpc) is 3.20. The van der Waals surface area contributed by atoms with Gasteiger partial charge in [-0.05, 0) is 41.5 Å². The Morgan fingerprint density at radius 2 is 1.45 bits per heavy atom. The number of aromatic nitrogens is 1. The van der Waals surface area contributed by atoms with Gasteiger partial charge in [-0.15, -0.1) is 0 Å². The van der Waals surface area contributed by atoms with Gasteiger partial charge in [0.15, 0.2) is 11.5 Å². The summed E-state index contributed by atoms with van der Waals surface area (Å²) in [5, 5.41) is 9.69. The number of carboxylic acids is 1. The summed E-state index contributed by atoms with van der Waals surface area (Å²) in [6, 6.07) is 25.1. The first kappa shape index (κ1) is 18.5. The molecule has 1 heterocycles. The van der Waals surface area contributed by atoms with Gasteiger partial charge in [0.2, 0.25) is 5.89 Å². The summed E-state index contributed by atoms with van der Waals surface area (Å²) in [6.45, 7) is 0. The van der Waals surface area contributed by atoms with E-state index in [0.717, 1.165) is 22.4 Å². The summed E-state index contributed by atoms with van der Waals surface area (Å²) < 4.78 is 6.01. The molecule has 0 aliphatic heterocycles. The van der Waals surface area contributed by atoms with Crippen molar-refractivity contribution in [2.75, 3.05) is 19.0 Å². The molecule has 144 valence electrons. The number of carbonyl (C=O) groups is 1. The minimum absolute atomic E-state index is 0.0968. The predicted molar refractivity (Wildman–Crippen MR) is 114 cm³/mol. The van der Waals surface area contributed by atoms with Crippen molar-refractivity contribution in [3.05, 3.63) is 84.6 Å². The highest BCUT2D eigenvalue weighted by atomic mass is 16.4. The Morgan fingerprint density at radius 3 is 2.07 bits per heavy atom. The van der Waals surface area contributed by atoms with E-state index < -0.39 is 5.97 Å². The van der Waals surface area contributed by atoms with E-state index >= 15 is 0 Å². The molecule has 3 aromatic carbocycles. The summed E-state index contributed by atoms with van der Waals surface area (Å²) in [5.74, 6) is -0.585. The van der Waals surface area contributed by atoms with Gasteiger partial charge in [0, 0.05) is 30.9 Å². The molecule has 0 spiro atoms. The highest BCUT2D eigenvalue weighted by Crippen LogP contribution is 2.35. The van der Waals surface area contributed by atoms with Gasteiger partial charge in [-0.25, -0.2) is 9.78 Å². The second-order valence-corrected chi connectivity index (χ2v) is 6.85. The van der Waals surface area contributed by atoms with E-state index in [2.05, 4.69) is 4.98 Å². The number of benzene rings is 3. The Morgan fingerprint density at radius 1 is 0.828 bits per heavy atom. The largest absolute Gasteiger partial charge is 0.476 e. The molecule has 29 heavy (non-hydrogen) atoms. The van der Waals surface area contributed by atoms with Crippen LogP contribution in [0.3, 0.4) is 0 Å². The Bertz CT molecular complexity index is 1150. The number of carboxylic acid groups (broad SMARTS) is 1. The Balaban J connectivity index is 1.84. The Labute approximate surface area is 168 Å². The fraction of sp³-hybridized carbons (Fsp3) is 0.0833. The lowest BCUT2D eigenvalue weighted by atomic mass is 10.00. The van der Waals surface area contributed by atoms with E-state index in [4.69, 9.17) is 4.42 Å². The molecule has 4 rings (SSSR count). The Kier molecular flexibility index (Phi) is 4.87. The molecule has 0 aliphatic carbocycles. The van der Waals surface area contributed by atoms with E-state index in [1.54, 1.807) is 0 Å². The van der Waals surface area contributed by atoms with Crippen molar-refractivity contribution in [2.45, 2.75) is 0 Å². The van der Waals surface area contributed by atoms with Gasteiger partial charge in [-0.3, -0.25) is 0 Å². The van der Waals surface area contributed by atoms with Gasteiger partial charge in [-0.1, -0.05) is 48.5 Å². The smallest absolute Gasteiger partial charge is 0.358 e. The molecular weight excluding hydrogens is 364 g/mol. The predicted octanol–water partition coefficient (Wildman–Crippen LogP) is 5.44. The maximum Gasteiger partial charge on any atom is 0.358 e. The lowest BCUT2D eigenvalue weighted by Gasteiger charge is -2.12. The van der Waals surface area contributed by atoms with Crippen LogP contribution in [0.4, 0.5) is 5.69 Å². The van der Waals surface area contributed by atoms with Crippen LogP contribution in [0.15, 0.2) is 83.3 Å². The second-order valence-electron chi connectivity index (χ2n) is 6.85. The van der Waals surface area contributed by atoms with E-state index in [1.165, 1.54) is 0 Å². The molecule has 0 unspecified atom stereocenters. The topological polar surface area (TPSA) is 66.6 Å². The summed E-state index contributed by atoms with van der Waals surface area (Å²) in [7, 11) is 3.90. The molecule has 0 saturated carbocycles. The minimum Gasteiger partial charge on any atom is -0.476 e. The molecule has 0 aliphatic rings. The highest BCUT2D eigenvalue weighted by Gasteiger charge is 2.23. The van der Waals surface area contributed by atoms with Crippen molar-refractivity contribution in [3.63, 3.8) is 0 Å². The van der Waals surface area contributed by atoms with Crippen molar-refractivity contribution in [1.82, 2.24) is 4.98 Å². The van der Waals surface area contributed by atoms with Crippen LogP contribution in [-0.2, 0) is 0 Å². The third-order valence-corrected chi connectivity index (χ3v) is 4.72. The zero-order valence-electron chi connectivity index (χ0n) is 16.2. The SMILES string of the molecule is CN(C)c1ccc(-c2oc(-c3ccccc3-c3ccccc3)nc2C(=O)O)cc1. The first-order valence-electron chi connectivity index (χ1n) is 9.21. The van der Waals surface area contributed by atoms with Gasteiger partial charge >= 0.3 is 5.97 Å². The number of oxazole rings is 1. The molecule has 0 amide bonds. The van der Waals surface area contributed by atoms with Crippen LogP contribution < -0.4 is 4.90 Å². The summed E-state index contributed by atoms with van der Waals surface area (Å²) in [4.78, 5) is 18.1. The number of rotatable bonds is 5. The second kappa shape index (κ2) is 7.64. The van der Waals surface area contributed by atoms with Crippen molar-refractivity contribution in [3.8, 4) is 33.9 Å². The Hall–Kier alpha value is -3.86. The summed E-state index contributed by atoms with van der Waals surface area (Å²) in [6.07, 6.45) is 0. The van der Waals surface area contributed by atoms with E-state index in [1.807, 2.05) is 97.9 Å². The number of anilines is 1. The molecule has 1 aromatic heterocycles. The van der Waals surface area contributed by atoms with E-state index in [9.17, 15) is 9.90 Å². The van der Waals surface area contributed by atoms with Gasteiger partial charge in [0.25, 0.3) is 0 Å². The van der Waals surface area contributed by atoms with Gasteiger partial charge < -0.3 is 14.4 Å². The van der Waals surface area contributed by atoms with Crippen LogP contribution in [-0.4, -0.2) is 30.2 Å². The molecule has 0 saturated heterocycles. The highest BCUT2D eigenvalue weighted by molar-refractivity contribution is 5.93. The van der Waals surface area contributed by atoms with Crippen molar-refractivity contribution < 1.29 is 14.3 Å². The molecule has 4 aromatic rings. The molecule has 0 atom stereocenters. The van der Waals surface area contributed by atoms with Crippen LogP contribution in [0, 0.1) is 0 Å². The first-order valence-corrected chi connectivity index (χ1v) is 9.21. The maximum absolute atomic E-state index is 11.8. The lowest BCUT2D eigenvalue weighted by molar-refractivity contribution is 0.0691. The minimum atomic E-state index is -1.12. The monoisotopic (exact) mass is 384 g/mol. The van der Waals surface area contributed by atoms with Crippen molar-refractivity contribution in [2.24, 2.45) is 0 Å². The normalized spacial score (nSPS) is 10.7. The number of hydrogen-bond donors (Lipinski definition) is 1. The molecule has 5 heteroatoms. The molecule has 1 N–H and O–H groups in total. The van der Waals surface area contributed by atoms with Gasteiger partial charge in [0.1, 0.15) is 0 Å². The zero-order valence-corrected chi connectivity index (χ0v) is 16.2. The van der Waals surface area contributed by atoms with Crippen LogP contribution in [0.5, 0.6) is 0 Å². The standard InChI is InChI=1S/C24H20N2O3/c1-26(2)18-14-12-17(13-15-18)22-21(24(27)28)25-23(29-22)20-11-7-6-10-19(20)16-8-4-3-5-9-16/h3-15H,1-2H3,(H,27,28). The number of hydrogen-bond acceptors (Lipinski definition) is 4. The van der Waals surface area contributed by atoms with Crippen LogP contribution in [0.2, 0.25) is 0 Å². The molecule has 5 nitrogen and oxygen atoms in total. The summed E-state index contributed by atoms with van der Waals surface area (Å²) in [5.41, 5.74) is 4.28. The molecule has 0 fully saturated rings. The third-order valence-electron chi connectivity index (χ3n) is 4.72. The molecule has 0 radical (unpaired) electrons. The van der Waals surface area contributed by atoms with E-state index in [0.29, 0.717) is 5.56 Å². The third kappa shape index (κ3) is 3.62. The number of nitrogens with zero attached hydrogens (tertiary/aromatic N) is 2. The fourth-order valence-corrected chi connectivity index (χ4v) is 3.23. The maximum atomic E-state index is 11.8. The lowest BCUT2D eigenvalue weighted by Crippen LogP contribution is -2.08. The van der Waals surface area contributed by atoms with Gasteiger partial charge in [0.05, 0.1) is 0 Å².